The van der Waals surface area contributed by atoms with Crippen molar-refractivity contribution >= 4 is 11.6 Å². The number of hydrogen-bond donors (Lipinski definition) is 0. The number of aromatic nitrogens is 1. The molecule has 0 N–H and O–H groups in total. The average Bonchev–Trinajstić information content (AvgIpc) is 2.33. The second-order valence-electron chi connectivity index (χ2n) is 4.46. The van der Waals surface area contributed by atoms with Gasteiger partial charge in [-0.25, -0.2) is 0 Å². The molecule has 1 saturated heterocycles. The predicted octanol–water partition coefficient (Wildman–Crippen LogP) is 2.97. The van der Waals surface area contributed by atoms with Crippen molar-refractivity contribution in [1.29, 1.82) is 0 Å². The van der Waals surface area contributed by atoms with Gasteiger partial charge in [0.25, 0.3) is 0 Å². The molecule has 1 aliphatic rings. The van der Waals surface area contributed by atoms with E-state index >= 15 is 0 Å². The van der Waals surface area contributed by atoms with Crippen LogP contribution in [0.5, 0.6) is 0 Å². The Balaban J connectivity index is 1.96. The number of hydrogen-bond acceptors (Lipinski definition) is 2. The molecular formula is C13H18ClNO. The Kier molecular flexibility index (Phi) is 4.19. The molecule has 0 spiro atoms. The Labute approximate surface area is 102 Å². The number of halogens is 1. The van der Waals surface area contributed by atoms with Crippen LogP contribution in [0.1, 0.15) is 24.1 Å². The zero-order valence-corrected chi connectivity index (χ0v) is 10.4. The van der Waals surface area contributed by atoms with E-state index in [9.17, 15) is 0 Å². The van der Waals surface area contributed by atoms with E-state index in [1.54, 1.807) is 0 Å². The predicted molar refractivity (Wildman–Crippen MR) is 65.9 cm³/mol. The fraction of sp³-hybridized carbons (Fsp3) is 0.615. The fourth-order valence-corrected chi connectivity index (χ4v) is 2.48. The van der Waals surface area contributed by atoms with E-state index in [-0.39, 0.29) is 5.38 Å². The van der Waals surface area contributed by atoms with Crippen LogP contribution in [0.3, 0.4) is 0 Å². The summed E-state index contributed by atoms with van der Waals surface area (Å²) in [7, 11) is 0. The molecule has 0 aromatic carbocycles. The second kappa shape index (κ2) is 5.65. The highest BCUT2D eigenvalue weighted by atomic mass is 35.5. The van der Waals surface area contributed by atoms with Gasteiger partial charge in [0.15, 0.2) is 0 Å². The highest BCUT2D eigenvalue weighted by molar-refractivity contribution is 6.20. The summed E-state index contributed by atoms with van der Waals surface area (Å²) in [6.07, 6.45) is 5.00. The lowest BCUT2D eigenvalue weighted by Crippen LogP contribution is -2.27. The zero-order valence-electron chi connectivity index (χ0n) is 9.66. The van der Waals surface area contributed by atoms with Gasteiger partial charge in [0.2, 0.25) is 0 Å². The third kappa shape index (κ3) is 2.96. The Morgan fingerprint density at radius 2 is 2.50 bits per heavy atom. The number of rotatable bonds is 3. The first kappa shape index (κ1) is 11.9. The third-order valence-electron chi connectivity index (χ3n) is 3.21. The van der Waals surface area contributed by atoms with Crippen molar-refractivity contribution in [3.8, 4) is 0 Å². The highest BCUT2D eigenvalue weighted by Crippen LogP contribution is 2.24. The van der Waals surface area contributed by atoms with E-state index in [2.05, 4.69) is 18.0 Å². The lowest BCUT2D eigenvalue weighted by Gasteiger charge is -2.26. The molecule has 1 fully saturated rings. The number of aryl methyl sites for hydroxylation is 1. The van der Waals surface area contributed by atoms with E-state index in [0.29, 0.717) is 5.92 Å². The molecule has 1 aliphatic heterocycles. The van der Waals surface area contributed by atoms with Crippen molar-refractivity contribution in [2.45, 2.75) is 31.6 Å². The number of alkyl halides is 1. The lowest BCUT2D eigenvalue weighted by molar-refractivity contribution is 0.0532. The molecular weight excluding hydrogens is 222 g/mol. The van der Waals surface area contributed by atoms with Crippen LogP contribution in [0.15, 0.2) is 18.3 Å². The summed E-state index contributed by atoms with van der Waals surface area (Å²) in [6, 6.07) is 4.05. The summed E-state index contributed by atoms with van der Waals surface area (Å²) in [5.41, 5.74) is 2.35. The van der Waals surface area contributed by atoms with Gasteiger partial charge in [-0.3, -0.25) is 4.98 Å². The van der Waals surface area contributed by atoms with Crippen LogP contribution in [0.4, 0.5) is 0 Å². The monoisotopic (exact) mass is 239 g/mol. The van der Waals surface area contributed by atoms with E-state index in [0.717, 1.165) is 31.7 Å². The Bertz CT molecular complexity index is 336. The largest absolute Gasteiger partial charge is 0.381 e. The molecule has 2 atom stereocenters. The molecule has 1 aromatic rings. The lowest BCUT2D eigenvalue weighted by atomic mass is 9.94. The minimum Gasteiger partial charge on any atom is -0.381 e. The maximum absolute atomic E-state index is 6.45. The molecule has 0 bridgehead atoms. The SMILES string of the molecule is Cc1cccnc1CC(Cl)C1CCCOC1. The summed E-state index contributed by atoms with van der Waals surface area (Å²) >= 11 is 6.45. The van der Waals surface area contributed by atoms with Gasteiger partial charge < -0.3 is 4.74 Å². The maximum atomic E-state index is 6.45. The fourth-order valence-electron chi connectivity index (χ4n) is 2.13. The van der Waals surface area contributed by atoms with Crippen molar-refractivity contribution in [3.05, 3.63) is 29.6 Å². The first-order valence-electron chi connectivity index (χ1n) is 5.89. The van der Waals surface area contributed by atoms with Crippen LogP contribution in [-0.4, -0.2) is 23.6 Å². The minimum absolute atomic E-state index is 0.147. The molecule has 2 rings (SSSR count). The van der Waals surface area contributed by atoms with Gasteiger partial charge >= 0.3 is 0 Å². The Hall–Kier alpha value is -0.600. The van der Waals surface area contributed by atoms with Gasteiger partial charge in [-0.2, -0.15) is 0 Å². The standard InChI is InChI=1S/C13H18ClNO/c1-10-4-2-6-15-13(10)8-12(14)11-5-3-7-16-9-11/h2,4,6,11-12H,3,5,7-9H2,1H3. The van der Waals surface area contributed by atoms with E-state index in [4.69, 9.17) is 16.3 Å². The molecule has 1 aromatic heterocycles. The van der Waals surface area contributed by atoms with Gasteiger partial charge in [-0.15, -0.1) is 11.6 Å². The van der Waals surface area contributed by atoms with Crippen LogP contribution in [0.25, 0.3) is 0 Å². The molecule has 0 radical (unpaired) electrons. The molecule has 2 unspecified atom stereocenters. The van der Waals surface area contributed by atoms with Gasteiger partial charge in [0, 0.05) is 30.3 Å². The van der Waals surface area contributed by atoms with Crippen molar-refractivity contribution in [1.82, 2.24) is 4.98 Å². The number of pyridine rings is 1. The third-order valence-corrected chi connectivity index (χ3v) is 3.72. The normalized spacial score (nSPS) is 23.0. The quantitative estimate of drug-likeness (QED) is 0.757. The smallest absolute Gasteiger partial charge is 0.0508 e. The number of ether oxygens (including phenoxy) is 1. The summed E-state index contributed by atoms with van der Waals surface area (Å²) in [4.78, 5) is 4.39. The average molecular weight is 240 g/mol. The summed E-state index contributed by atoms with van der Waals surface area (Å²) in [5.74, 6) is 0.483. The van der Waals surface area contributed by atoms with Crippen molar-refractivity contribution < 1.29 is 4.74 Å². The molecule has 16 heavy (non-hydrogen) atoms. The van der Waals surface area contributed by atoms with Crippen LogP contribution in [0.2, 0.25) is 0 Å². The van der Waals surface area contributed by atoms with Crippen molar-refractivity contribution in [2.24, 2.45) is 5.92 Å². The summed E-state index contributed by atoms with van der Waals surface area (Å²) < 4.78 is 5.47. The second-order valence-corrected chi connectivity index (χ2v) is 5.02. The van der Waals surface area contributed by atoms with Crippen LogP contribution in [0, 0.1) is 12.8 Å². The zero-order chi connectivity index (χ0) is 11.4. The Morgan fingerprint density at radius 1 is 1.62 bits per heavy atom. The van der Waals surface area contributed by atoms with E-state index in [1.165, 1.54) is 12.0 Å². The van der Waals surface area contributed by atoms with Crippen molar-refractivity contribution in [3.63, 3.8) is 0 Å². The van der Waals surface area contributed by atoms with Crippen molar-refractivity contribution in [2.75, 3.05) is 13.2 Å². The first-order chi connectivity index (χ1) is 7.77. The molecule has 0 aliphatic carbocycles. The number of nitrogens with zero attached hydrogens (tertiary/aromatic N) is 1. The molecule has 88 valence electrons. The van der Waals surface area contributed by atoms with Crippen LogP contribution < -0.4 is 0 Å². The van der Waals surface area contributed by atoms with Gasteiger partial charge in [-0.05, 0) is 37.3 Å². The summed E-state index contributed by atoms with van der Waals surface area (Å²) in [5, 5.41) is 0.147. The molecule has 0 saturated carbocycles. The van der Waals surface area contributed by atoms with Gasteiger partial charge in [-0.1, -0.05) is 6.07 Å². The highest BCUT2D eigenvalue weighted by Gasteiger charge is 2.23. The van der Waals surface area contributed by atoms with Crippen LogP contribution >= 0.6 is 11.6 Å². The molecule has 3 heteroatoms. The molecule has 2 nitrogen and oxygen atoms in total. The van der Waals surface area contributed by atoms with E-state index < -0.39 is 0 Å². The summed E-state index contributed by atoms with van der Waals surface area (Å²) in [6.45, 7) is 3.78. The van der Waals surface area contributed by atoms with Gasteiger partial charge in [0.1, 0.15) is 0 Å². The first-order valence-corrected chi connectivity index (χ1v) is 6.33. The molecule has 0 amide bonds. The van der Waals surface area contributed by atoms with Crippen LogP contribution in [-0.2, 0) is 11.2 Å². The molecule has 2 heterocycles. The van der Waals surface area contributed by atoms with E-state index in [1.807, 2.05) is 12.3 Å². The Morgan fingerprint density at radius 3 is 3.19 bits per heavy atom. The topological polar surface area (TPSA) is 22.1 Å². The van der Waals surface area contributed by atoms with Gasteiger partial charge in [0.05, 0.1) is 6.61 Å². The maximum Gasteiger partial charge on any atom is 0.0508 e. The minimum atomic E-state index is 0.147.